The second-order valence-electron chi connectivity index (χ2n) is 19.4. The molecule has 0 bridgehead atoms. The van der Waals surface area contributed by atoms with Crippen LogP contribution in [0.1, 0.15) is 52.7 Å². The monoisotopic (exact) mass is 834 g/mol. The fourth-order valence-corrected chi connectivity index (χ4v) is 12.8. The molecule has 12 aromatic rings. The highest BCUT2D eigenvalue weighted by Crippen LogP contribution is 2.50. The number of hydrogen-bond donors (Lipinski definition) is 1. The predicted octanol–water partition coefficient (Wildman–Crippen LogP) is 15.1. The molecule has 1 aliphatic rings. The number of furan rings is 1. The van der Waals surface area contributed by atoms with Crippen LogP contribution >= 0.6 is 22.7 Å². The topological polar surface area (TPSA) is 30.1 Å². The second kappa shape index (κ2) is 12.6. The van der Waals surface area contributed by atoms with Gasteiger partial charge in [-0.2, -0.15) is 0 Å². The quantitative estimate of drug-likeness (QED) is 0.180. The van der Waals surface area contributed by atoms with Gasteiger partial charge >= 0.3 is 0 Å². The van der Waals surface area contributed by atoms with E-state index in [1.165, 1.54) is 101 Å². The molecule has 0 radical (unpaired) electrons. The minimum Gasteiger partial charge on any atom is -0.456 e. The molecule has 8 aromatic carbocycles. The van der Waals surface area contributed by atoms with Crippen LogP contribution in [-0.4, -0.2) is 11.8 Å². The summed E-state index contributed by atoms with van der Waals surface area (Å²) in [5.74, 6) is 0. The average molecular weight is 835 g/mol. The summed E-state index contributed by atoms with van der Waals surface area (Å²) in [5.41, 5.74) is 15.7. The van der Waals surface area contributed by atoms with Crippen LogP contribution in [0.5, 0.6) is 0 Å². The number of thiophene rings is 2. The molecule has 62 heavy (non-hydrogen) atoms. The van der Waals surface area contributed by atoms with Crippen LogP contribution in [0.25, 0.3) is 101 Å². The van der Waals surface area contributed by atoms with E-state index in [9.17, 15) is 0 Å². The van der Waals surface area contributed by atoms with E-state index in [0.717, 1.165) is 40.6 Å². The van der Waals surface area contributed by atoms with E-state index in [0.29, 0.717) is 0 Å². The van der Waals surface area contributed by atoms with Crippen molar-refractivity contribution < 1.29 is 4.42 Å². The van der Waals surface area contributed by atoms with Crippen molar-refractivity contribution >= 4 is 136 Å². The van der Waals surface area contributed by atoms with E-state index in [4.69, 9.17) is 4.42 Å². The van der Waals surface area contributed by atoms with Gasteiger partial charge in [-0.1, -0.05) is 120 Å². The minimum absolute atomic E-state index is 0.00105. The third-order valence-electron chi connectivity index (χ3n) is 13.5. The summed E-state index contributed by atoms with van der Waals surface area (Å²) in [6.07, 6.45) is 0. The summed E-state index contributed by atoms with van der Waals surface area (Å²) < 4.78 is 14.6. The van der Waals surface area contributed by atoms with Crippen molar-refractivity contribution in [3.8, 4) is 16.8 Å². The Kier molecular flexibility index (Phi) is 7.40. The van der Waals surface area contributed by atoms with Crippen molar-refractivity contribution in [2.75, 3.05) is 5.32 Å². The lowest BCUT2D eigenvalue weighted by atomic mass is 9.58. The lowest BCUT2D eigenvalue weighted by Gasteiger charge is -2.25. The molecule has 0 unspecified atom stereocenters. The Morgan fingerprint density at radius 2 is 1.24 bits per heavy atom. The zero-order valence-electron chi connectivity index (χ0n) is 35.7. The standard InChI is InChI=1S/C56H43BN2OS2/c1-55(2,3)30-19-22-32(23-20-30)58-41-29-45-36(33-13-7-10-16-44(33)60-45)26-38(41)49-50-35-15-9-12-18-47(35)62-54(50)51-39-25-31(56(4,5)6)21-24-42(39)59-43-27-37-34-14-8-11-17-46(34)61-48(37)28-40(43)57-52(49)53(51)59/h7-29,57-58H,1-6H3. The van der Waals surface area contributed by atoms with E-state index in [1.807, 2.05) is 22.7 Å². The number of nitrogens with zero attached hydrogens (tertiary/aromatic N) is 1. The van der Waals surface area contributed by atoms with E-state index >= 15 is 0 Å². The Labute approximate surface area is 368 Å². The highest BCUT2D eigenvalue weighted by molar-refractivity contribution is 7.27. The zero-order valence-corrected chi connectivity index (χ0v) is 37.3. The summed E-state index contributed by atoms with van der Waals surface area (Å²) in [6, 6.07) is 52.4. The van der Waals surface area contributed by atoms with Crippen LogP contribution in [-0.2, 0) is 10.8 Å². The lowest BCUT2D eigenvalue weighted by Crippen LogP contribution is -2.37. The highest BCUT2D eigenvalue weighted by atomic mass is 32.1. The van der Waals surface area contributed by atoms with Crippen LogP contribution in [0, 0.1) is 0 Å². The number of hydrogen-bond acceptors (Lipinski definition) is 4. The van der Waals surface area contributed by atoms with Gasteiger partial charge in [0.15, 0.2) is 7.28 Å². The number of nitrogens with one attached hydrogen (secondary N) is 1. The number of fused-ring (bicyclic) bond motifs is 15. The first-order valence-corrected chi connectivity index (χ1v) is 23.3. The predicted molar refractivity (Wildman–Crippen MR) is 273 cm³/mol. The molecule has 0 aliphatic carbocycles. The van der Waals surface area contributed by atoms with Gasteiger partial charge in [0, 0.05) is 84.9 Å². The number of benzene rings is 8. The fraction of sp³-hybridized carbons (Fsp3) is 0.143. The van der Waals surface area contributed by atoms with Crippen molar-refractivity contribution in [3.63, 3.8) is 0 Å². The average Bonchev–Trinajstić information content (AvgIpc) is 4.01. The highest BCUT2D eigenvalue weighted by Gasteiger charge is 2.32. The Morgan fingerprint density at radius 3 is 2.02 bits per heavy atom. The van der Waals surface area contributed by atoms with Crippen LogP contribution in [0.2, 0.25) is 0 Å². The number of para-hydroxylation sites is 1. The number of anilines is 2. The van der Waals surface area contributed by atoms with Gasteiger partial charge in [0.25, 0.3) is 0 Å². The van der Waals surface area contributed by atoms with Crippen molar-refractivity contribution in [1.29, 1.82) is 0 Å². The maximum absolute atomic E-state index is 6.64. The molecule has 4 aromatic heterocycles. The van der Waals surface area contributed by atoms with E-state index in [2.05, 4.69) is 191 Å². The second-order valence-corrected chi connectivity index (χ2v) is 21.5. The fourth-order valence-electron chi connectivity index (χ4n) is 10.4. The molecule has 6 heteroatoms. The smallest absolute Gasteiger partial charge is 0.198 e. The summed E-state index contributed by atoms with van der Waals surface area (Å²) in [7, 11) is 0.817. The molecule has 0 atom stereocenters. The van der Waals surface area contributed by atoms with Crippen molar-refractivity contribution in [1.82, 2.24) is 4.57 Å². The molecule has 0 fully saturated rings. The molecule has 298 valence electrons. The molecule has 5 heterocycles. The van der Waals surface area contributed by atoms with Gasteiger partial charge in [-0.05, 0) is 93.6 Å². The Hall–Kier alpha value is -6.34. The van der Waals surface area contributed by atoms with Crippen LogP contribution < -0.4 is 16.2 Å². The summed E-state index contributed by atoms with van der Waals surface area (Å²) in [5, 5.41) is 14.2. The van der Waals surface area contributed by atoms with Crippen LogP contribution in [0.4, 0.5) is 11.4 Å². The molecular formula is C56H43BN2OS2. The molecule has 0 amide bonds. The maximum Gasteiger partial charge on any atom is 0.198 e. The first kappa shape index (κ1) is 36.3. The maximum atomic E-state index is 6.64. The summed E-state index contributed by atoms with van der Waals surface area (Å²) >= 11 is 3.85. The zero-order chi connectivity index (χ0) is 41.8. The minimum atomic E-state index is -0.00105. The molecule has 0 saturated carbocycles. The molecule has 3 nitrogen and oxygen atoms in total. The van der Waals surface area contributed by atoms with Crippen LogP contribution in [0.15, 0.2) is 144 Å². The van der Waals surface area contributed by atoms with Gasteiger partial charge in [-0.3, -0.25) is 0 Å². The third-order valence-corrected chi connectivity index (χ3v) is 15.8. The van der Waals surface area contributed by atoms with E-state index < -0.39 is 0 Å². The van der Waals surface area contributed by atoms with Gasteiger partial charge < -0.3 is 14.3 Å². The molecule has 1 N–H and O–H groups in total. The number of rotatable bonds is 3. The third kappa shape index (κ3) is 5.17. The SMILES string of the molecule is CC(C)(C)c1ccc(Nc2cc3oc4ccccc4c3cc2-c2c3c4c(c5cc(C(C)(C)C)ccc5n4-c4cc5c(cc4B3)sc3ccccc35)c3sc4ccccc4c23)cc1. The van der Waals surface area contributed by atoms with Gasteiger partial charge in [-0.15, -0.1) is 22.7 Å². The Balaban J connectivity index is 1.21. The Morgan fingerprint density at radius 1 is 0.548 bits per heavy atom. The van der Waals surface area contributed by atoms with Gasteiger partial charge in [0.2, 0.25) is 0 Å². The van der Waals surface area contributed by atoms with Crippen molar-refractivity contribution in [3.05, 3.63) is 151 Å². The van der Waals surface area contributed by atoms with Gasteiger partial charge in [0.1, 0.15) is 11.2 Å². The van der Waals surface area contributed by atoms with E-state index in [-0.39, 0.29) is 10.8 Å². The first-order valence-electron chi connectivity index (χ1n) is 21.7. The molecule has 0 spiro atoms. The largest absolute Gasteiger partial charge is 0.456 e. The first-order chi connectivity index (χ1) is 30.0. The molecule has 0 saturated heterocycles. The van der Waals surface area contributed by atoms with Crippen molar-refractivity contribution in [2.24, 2.45) is 0 Å². The van der Waals surface area contributed by atoms with Crippen molar-refractivity contribution in [2.45, 2.75) is 52.4 Å². The summed E-state index contributed by atoms with van der Waals surface area (Å²) in [4.78, 5) is 0. The molecule has 13 rings (SSSR count). The summed E-state index contributed by atoms with van der Waals surface area (Å²) in [6.45, 7) is 13.8. The van der Waals surface area contributed by atoms with E-state index in [1.54, 1.807) is 0 Å². The number of aromatic nitrogens is 1. The van der Waals surface area contributed by atoms with Crippen LogP contribution in [0.3, 0.4) is 0 Å². The Bertz CT molecular complexity index is 3880. The van der Waals surface area contributed by atoms with Gasteiger partial charge in [-0.25, -0.2) is 0 Å². The lowest BCUT2D eigenvalue weighted by molar-refractivity contribution is 0.590. The molecule has 1 aliphatic heterocycles. The molecular weight excluding hydrogens is 792 g/mol. The normalized spacial score (nSPS) is 13.1. The van der Waals surface area contributed by atoms with Gasteiger partial charge in [0.05, 0.1) is 16.7 Å².